The molecule has 1 aromatic carbocycles. The third kappa shape index (κ3) is 3.66. The van der Waals surface area contributed by atoms with Crippen LogP contribution in [0.15, 0.2) is 23.1 Å². The van der Waals surface area contributed by atoms with Gasteiger partial charge in [-0.25, -0.2) is 0 Å². The highest BCUT2D eigenvalue weighted by Gasteiger charge is 2.05. The molecule has 1 aromatic rings. The monoisotopic (exact) mass is 240 g/mol. The summed E-state index contributed by atoms with van der Waals surface area (Å²) in [7, 11) is 1.60. The number of hydrogen-bond donors (Lipinski definition) is 2. The molecule has 0 heterocycles. The number of nitrogen functional groups attached to an aromatic ring is 1. The summed E-state index contributed by atoms with van der Waals surface area (Å²) in [5.74, 6) is 1.12. The standard InChI is InChI=1S/C11H16N2O2S/c1-3-13-11(14)7-16-10-6-8(15-2)4-5-9(10)12/h4-6H,3,7,12H2,1-2H3,(H,13,14). The second-order valence-corrected chi connectivity index (χ2v) is 4.16. The quantitative estimate of drug-likeness (QED) is 0.605. The minimum atomic E-state index is 0.00900. The fourth-order valence-corrected chi connectivity index (χ4v) is 1.98. The molecule has 0 saturated carbocycles. The van der Waals surface area contributed by atoms with Crippen LogP contribution in [0.3, 0.4) is 0 Å². The van der Waals surface area contributed by atoms with Crippen LogP contribution >= 0.6 is 11.8 Å². The van der Waals surface area contributed by atoms with Gasteiger partial charge in [-0.1, -0.05) is 0 Å². The predicted octanol–water partition coefficient (Wildman–Crippen LogP) is 1.51. The first-order chi connectivity index (χ1) is 7.67. The van der Waals surface area contributed by atoms with Crippen LogP contribution in [0.2, 0.25) is 0 Å². The van der Waals surface area contributed by atoms with Gasteiger partial charge in [-0.3, -0.25) is 4.79 Å². The Morgan fingerprint density at radius 2 is 2.31 bits per heavy atom. The zero-order valence-electron chi connectivity index (χ0n) is 9.45. The molecule has 0 radical (unpaired) electrons. The van der Waals surface area contributed by atoms with E-state index in [1.807, 2.05) is 13.0 Å². The van der Waals surface area contributed by atoms with Crippen molar-refractivity contribution in [2.24, 2.45) is 0 Å². The average Bonchev–Trinajstić information content (AvgIpc) is 2.28. The molecule has 0 aromatic heterocycles. The van der Waals surface area contributed by atoms with Crippen molar-refractivity contribution in [2.75, 3.05) is 25.1 Å². The lowest BCUT2D eigenvalue weighted by Crippen LogP contribution is -2.24. The summed E-state index contributed by atoms with van der Waals surface area (Å²) >= 11 is 1.41. The van der Waals surface area contributed by atoms with Crippen molar-refractivity contribution in [2.45, 2.75) is 11.8 Å². The van der Waals surface area contributed by atoms with Crippen molar-refractivity contribution < 1.29 is 9.53 Å². The second kappa shape index (κ2) is 6.27. The first kappa shape index (κ1) is 12.7. The molecule has 1 amide bonds. The lowest BCUT2D eigenvalue weighted by Gasteiger charge is -2.07. The first-order valence-electron chi connectivity index (χ1n) is 5.00. The van der Waals surface area contributed by atoms with E-state index in [4.69, 9.17) is 10.5 Å². The normalized spacial score (nSPS) is 9.88. The van der Waals surface area contributed by atoms with Crippen LogP contribution in [0.5, 0.6) is 5.75 Å². The van der Waals surface area contributed by atoms with Crippen LogP contribution in [0.4, 0.5) is 5.69 Å². The number of benzene rings is 1. The fraction of sp³-hybridized carbons (Fsp3) is 0.364. The maximum Gasteiger partial charge on any atom is 0.230 e. The molecule has 88 valence electrons. The van der Waals surface area contributed by atoms with Crippen molar-refractivity contribution in [3.63, 3.8) is 0 Å². The van der Waals surface area contributed by atoms with Crippen molar-refractivity contribution in [1.82, 2.24) is 5.32 Å². The van der Waals surface area contributed by atoms with Crippen LogP contribution in [0.25, 0.3) is 0 Å². The molecule has 0 aliphatic carbocycles. The summed E-state index contributed by atoms with van der Waals surface area (Å²) in [5.41, 5.74) is 6.46. The Labute approximate surface area is 99.5 Å². The number of anilines is 1. The number of carbonyl (C=O) groups excluding carboxylic acids is 1. The number of thioether (sulfide) groups is 1. The highest BCUT2D eigenvalue weighted by molar-refractivity contribution is 8.00. The number of methoxy groups -OCH3 is 1. The topological polar surface area (TPSA) is 64.3 Å². The Balaban J connectivity index is 2.62. The molecule has 16 heavy (non-hydrogen) atoms. The van der Waals surface area contributed by atoms with Gasteiger partial charge >= 0.3 is 0 Å². The number of amides is 1. The van der Waals surface area contributed by atoms with E-state index in [1.165, 1.54) is 11.8 Å². The van der Waals surface area contributed by atoms with Crippen LogP contribution in [-0.2, 0) is 4.79 Å². The molecular weight excluding hydrogens is 224 g/mol. The van der Waals surface area contributed by atoms with Gasteiger partial charge in [-0.05, 0) is 25.1 Å². The molecule has 0 fully saturated rings. The highest BCUT2D eigenvalue weighted by Crippen LogP contribution is 2.28. The van der Waals surface area contributed by atoms with E-state index in [9.17, 15) is 4.79 Å². The van der Waals surface area contributed by atoms with Crippen molar-refractivity contribution >= 4 is 23.4 Å². The largest absolute Gasteiger partial charge is 0.497 e. The van der Waals surface area contributed by atoms with Crippen molar-refractivity contribution in [3.05, 3.63) is 18.2 Å². The molecule has 3 N–H and O–H groups in total. The van der Waals surface area contributed by atoms with E-state index in [0.29, 0.717) is 18.0 Å². The van der Waals surface area contributed by atoms with E-state index in [0.717, 1.165) is 10.6 Å². The van der Waals surface area contributed by atoms with Crippen LogP contribution < -0.4 is 15.8 Å². The number of rotatable bonds is 5. The molecule has 0 aliphatic rings. The van der Waals surface area contributed by atoms with Gasteiger partial charge in [0.05, 0.1) is 12.9 Å². The van der Waals surface area contributed by atoms with Crippen molar-refractivity contribution in [1.29, 1.82) is 0 Å². The maximum atomic E-state index is 11.3. The van der Waals surface area contributed by atoms with E-state index in [2.05, 4.69) is 5.32 Å². The Hall–Kier alpha value is -1.36. The Morgan fingerprint density at radius 3 is 2.94 bits per heavy atom. The first-order valence-corrected chi connectivity index (χ1v) is 5.99. The molecular formula is C11H16N2O2S. The zero-order valence-corrected chi connectivity index (χ0v) is 10.3. The van der Waals surface area contributed by atoms with Gasteiger partial charge in [0, 0.05) is 17.1 Å². The van der Waals surface area contributed by atoms with E-state index < -0.39 is 0 Å². The van der Waals surface area contributed by atoms with Crippen LogP contribution in [-0.4, -0.2) is 25.3 Å². The van der Waals surface area contributed by atoms with E-state index >= 15 is 0 Å². The lowest BCUT2D eigenvalue weighted by molar-refractivity contribution is -0.118. The number of hydrogen-bond acceptors (Lipinski definition) is 4. The van der Waals surface area contributed by atoms with Gasteiger partial charge in [0.25, 0.3) is 0 Å². The molecule has 0 unspecified atom stereocenters. The molecule has 0 aliphatic heterocycles. The summed E-state index contributed by atoms with van der Waals surface area (Å²) in [6.07, 6.45) is 0. The molecule has 0 spiro atoms. The van der Waals surface area contributed by atoms with Crippen molar-refractivity contribution in [3.8, 4) is 5.75 Å². The summed E-state index contributed by atoms with van der Waals surface area (Å²) in [6.45, 7) is 2.54. The van der Waals surface area contributed by atoms with E-state index in [1.54, 1.807) is 19.2 Å². The molecule has 5 heteroatoms. The van der Waals surface area contributed by atoms with Gasteiger partial charge in [-0.15, -0.1) is 11.8 Å². The zero-order chi connectivity index (χ0) is 12.0. The molecule has 1 rings (SSSR count). The van der Waals surface area contributed by atoms with Gasteiger partial charge in [-0.2, -0.15) is 0 Å². The third-order valence-electron chi connectivity index (χ3n) is 1.95. The SMILES string of the molecule is CCNC(=O)CSc1cc(OC)ccc1N. The van der Waals surface area contributed by atoms with Gasteiger partial charge in [0.2, 0.25) is 5.91 Å². The van der Waals surface area contributed by atoms with Gasteiger partial charge in [0.15, 0.2) is 0 Å². The Morgan fingerprint density at radius 1 is 1.56 bits per heavy atom. The summed E-state index contributed by atoms with van der Waals surface area (Å²) < 4.78 is 5.09. The molecule has 0 bridgehead atoms. The van der Waals surface area contributed by atoms with E-state index in [-0.39, 0.29) is 5.91 Å². The smallest absolute Gasteiger partial charge is 0.230 e. The number of ether oxygens (including phenoxy) is 1. The number of nitrogens with two attached hydrogens (primary N) is 1. The minimum Gasteiger partial charge on any atom is -0.497 e. The molecule has 0 saturated heterocycles. The molecule has 0 atom stereocenters. The average molecular weight is 240 g/mol. The maximum absolute atomic E-state index is 11.3. The summed E-state index contributed by atoms with van der Waals surface area (Å²) in [6, 6.07) is 5.41. The minimum absolute atomic E-state index is 0.00900. The number of nitrogens with one attached hydrogen (secondary N) is 1. The van der Waals surface area contributed by atoms with Crippen LogP contribution in [0, 0.1) is 0 Å². The summed E-state index contributed by atoms with van der Waals surface area (Å²) in [5, 5.41) is 2.73. The highest BCUT2D eigenvalue weighted by atomic mass is 32.2. The van der Waals surface area contributed by atoms with Crippen LogP contribution in [0.1, 0.15) is 6.92 Å². The Bertz CT molecular complexity index is 369. The Kier molecular flexibility index (Phi) is 4.98. The lowest BCUT2D eigenvalue weighted by atomic mass is 10.3. The van der Waals surface area contributed by atoms with Gasteiger partial charge in [0.1, 0.15) is 5.75 Å². The third-order valence-corrected chi connectivity index (χ3v) is 3.02. The molecule has 4 nitrogen and oxygen atoms in total. The fourth-order valence-electron chi connectivity index (χ4n) is 1.16. The predicted molar refractivity (Wildman–Crippen MR) is 66.8 cm³/mol. The number of carbonyl (C=O) groups is 1. The van der Waals surface area contributed by atoms with Gasteiger partial charge < -0.3 is 15.8 Å². The second-order valence-electron chi connectivity index (χ2n) is 3.15. The summed E-state index contributed by atoms with van der Waals surface area (Å²) in [4.78, 5) is 12.1.